The Morgan fingerprint density at radius 3 is 2.65 bits per heavy atom. The fourth-order valence-electron chi connectivity index (χ4n) is 2.60. The maximum Gasteiger partial charge on any atom is 0.181 e. The van der Waals surface area contributed by atoms with Gasteiger partial charge in [0.2, 0.25) is 0 Å². The summed E-state index contributed by atoms with van der Waals surface area (Å²) in [6.45, 7) is 0. The molecule has 2 heterocycles. The first kappa shape index (κ1) is 16.6. The van der Waals surface area contributed by atoms with Crippen LogP contribution in [0.15, 0.2) is 42.5 Å². The van der Waals surface area contributed by atoms with E-state index in [1.807, 2.05) is 18.2 Å². The third-order valence-electron chi connectivity index (χ3n) is 3.80. The van der Waals surface area contributed by atoms with Crippen LogP contribution >= 0.6 is 22.7 Å². The summed E-state index contributed by atoms with van der Waals surface area (Å²) >= 11 is 2.80. The van der Waals surface area contributed by atoms with E-state index in [1.54, 1.807) is 24.3 Å². The van der Waals surface area contributed by atoms with Crippen LogP contribution in [0.3, 0.4) is 0 Å². The molecule has 26 heavy (non-hydrogen) atoms. The number of nitrogen functional groups attached to an aromatic ring is 1. The Balaban J connectivity index is 1.45. The molecule has 0 radical (unpaired) electrons. The molecule has 0 aliphatic heterocycles. The molecular weight excluding hydrogens is 368 g/mol. The summed E-state index contributed by atoms with van der Waals surface area (Å²) in [5.74, 6) is 0.281. The lowest BCUT2D eigenvalue weighted by Gasteiger charge is -1.99. The second-order valence-corrected chi connectivity index (χ2v) is 7.92. The molecule has 0 saturated heterocycles. The number of thiazole rings is 1. The number of phenols is 1. The molecule has 2 aromatic carbocycles. The van der Waals surface area contributed by atoms with E-state index in [2.05, 4.69) is 15.2 Å². The second-order valence-electron chi connectivity index (χ2n) is 5.79. The van der Waals surface area contributed by atoms with Crippen molar-refractivity contribution < 1.29 is 9.90 Å². The summed E-state index contributed by atoms with van der Waals surface area (Å²) in [5.41, 5.74) is 8.38. The van der Waals surface area contributed by atoms with Crippen molar-refractivity contribution in [1.29, 1.82) is 0 Å². The van der Waals surface area contributed by atoms with Crippen molar-refractivity contribution in [2.45, 2.75) is 12.8 Å². The number of aromatic hydroxyl groups is 1. The molecule has 4 rings (SSSR count). The first-order chi connectivity index (χ1) is 12.6. The van der Waals surface area contributed by atoms with Gasteiger partial charge in [-0.05, 0) is 42.0 Å². The number of benzene rings is 2. The van der Waals surface area contributed by atoms with Crippen molar-refractivity contribution in [3.63, 3.8) is 0 Å². The molecule has 0 spiro atoms. The van der Waals surface area contributed by atoms with Gasteiger partial charge in [-0.3, -0.25) is 4.79 Å². The minimum atomic E-state index is 0.0789. The van der Waals surface area contributed by atoms with Gasteiger partial charge in [-0.25, -0.2) is 4.98 Å². The highest BCUT2D eigenvalue weighted by Crippen LogP contribution is 2.27. The van der Waals surface area contributed by atoms with Crippen LogP contribution in [0.2, 0.25) is 0 Å². The number of phenolic OH excluding ortho intramolecular Hbond substituents is 1. The average Bonchev–Trinajstić information content (AvgIpc) is 3.20. The van der Waals surface area contributed by atoms with E-state index in [0.29, 0.717) is 16.6 Å². The Kier molecular flexibility index (Phi) is 4.36. The molecule has 130 valence electrons. The van der Waals surface area contributed by atoms with Crippen LogP contribution in [-0.2, 0) is 17.6 Å². The van der Waals surface area contributed by atoms with E-state index >= 15 is 0 Å². The van der Waals surface area contributed by atoms with Crippen molar-refractivity contribution in [2.24, 2.45) is 0 Å². The number of carbonyl (C=O) groups is 1. The zero-order chi connectivity index (χ0) is 18.1. The summed E-state index contributed by atoms with van der Waals surface area (Å²) in [4.78, 5) is 16.6. The van der Waals surface area contributed by atoms with Crippen LogP contribution in [-0.4, -0.2) is 26.1 Å². The van der Waals surface area contributed by atoms with Crippen molar-refractivity contribution in [3.8, 4) is 16.3 Å². The van der Waals surface area contributed by atoms with Gasteiger partial charge in [-0.2, -0.15) is 0 Å². The SMILES string of the molecule is Nc1nc2ccc(CC(=O)Cc3nnc(-c4ccc(O)cc4)s3)cc2s1. The Bertz CT molecular complexity index is 1090. The van der Waals surface area contributed by atoms with Gasteiger partial charge in [0, 0.05) is 12.0 Å². The molecule has 0 amide bonds. The summed E-state index contributed by atoms with van der Waals surface area (Å²) < 4.78 is 0.985. The number of anilines is 1. The number of rotatable bonds is 5. The molecule has 0 saturated carbocycles. The third kappa shape index (κ3) is 3.56. The molecule has 4 aromatic rings. The molecule has 0 bridgehead atoms. The molecule has 0 unspecified atom stereocenters. The largest absolute Gasteiger partial charge is 0.508 e. The first-order valence-electron chi connectivity index (χ1n) is 7.85. The van der Waals surface area contributed by atoms with Crippen molar-refractivity contribution >= 4 is 43.8 Å². The predicted octanol–water partition coefficient (Wildman–Crippen LogP) is 3.46. The lowest BCUT2D eigenvalue weighted by Crippen LogP contribution is -2.06. The first-order valence-corrected chi connectivity index (χ1v) is 9.48. The van der Waals surface area contributed by atoms with Crippen LogP contribution in [0.5, 0.6) is 5.75 Å². The lowest BCUT2D eigenvalue weighted by atomic mass is 10.1. The van der Waals surface area contributed by atoms with Gasteiger partial charge < -0.3 is 10.8 Å². The number of nitrogens with two attached hydrogens (primary N) is 1. The molecule has 0 atom stereocenters. The third-order valence-corrected chi connectivity index (χ3v) is 5.62. The highest BCUT2D eigenvalue weighted by atomic mass is 32.1. The topological polar surface area (TPSA) is 102 Å². The molecule has 8 heteroatoms. The quantitative estimate of drug-likeness (QED) is 0.548. The van der Waals surface area contributed by atoms with E-state index in [1.165, 1.54) is 22.7 Å². The van der Waals surface area contributed by atoms with Crippen LogP contribution in [0.4, 0.5) is 5.13 Å². The number of hydrogen-bond acceptors (Lipinski definition) is 8. The highest BCUT2D eigenvalue weighted by Gasteiger charge is 2.12. The average molecular weight is 382 g/mol. The summed E-state index contributed by atoms with van der Waals surface area (Å²) in [5, 5.41) is 19.5. The second kappa shape index (κ2) is 6.81. The van der Waals surface area contributed by atoms with Gasteiger partial charge in [0.05, 0.1) is 16.6 Å². The fraction of sp³-hybridized carbons (Fsp3) is 0.111. The minimum absolute atomic E-state index is 0.0789. The van der Waals surface area contributed by atoms with Gasteiger partial charge in [-0.1, -0.05) is 28.7 Å². The smallest absolute Gasteiger partial charge is 0.181 e. The van der Waals surface area contributed by atoms with Gasteiger partial charge in [-0.15, -0.1) is 10.2 Å². The summed E-state index contributed by atoms with van der Waals surface area (Å²) in [7, 11) is 0. The van der Waals surface area contributed by atoms with E-state index in [0.717, 1.165) is 26.4 Å². The van der Waals surface area contributed by atoms with Gasteiger partial charge in [0.15, 0.2) is 5.13 Å². The van der Waals surface area contributed by atoms with E-state index in [9.17, 15) is 9.90 Å². The Labute approximate surface area is 157 Å². The normalized spacial score (nSPS) is 11.1. The van der Waals surface area contributed by atoms with Crippen molar-refractivity contribution in [3.05, 3.63) is 53.0 Å². The van der Waals surface area contributed by atoms with Crippen molar-refractivity contribution in [1.82, 2.24) is 15.2 Å². The summed E-state index contributed by atoms with van der Waals surface area (Å²) in [6.07, 6.45) is 0.584. The Morgan fingerprint density at radius 1 is 1.04 bits per heavy atom. The molecule has 6 nitrogen and oxygen atoms in total. The molecule has 0 fully saturated rings. The maximum atomic E-state index is 12.4. The van der Waals surface area contributed by atoms with Crippen LogP contribution in [0, 0.1) is 0 Å². The van der Waals surface area contributed by atoms with E-state index in [4.69, 9.17) is 5.73 Å². The molecule has 2 aromatic heterocycles. The van der Waals surface area contributed by atoms with Gasteiger partial charge in [0.1, 0.15) is 21.5 Å². The van der Waals surface area contributed by atoms with Crippen LogP contribution in [0.25, 0.3) is 20.8 Å². The standard InChI is InChI=1S/C18H14N4O2S2/c19-18-20-14-6-1-10(8-15(14)25-18)7-13(24)9-16-21-22-17(26-16)11-2-4-12(23)5-3-11/h1-6,8,23H,7,9H2,(H2,19,20). The number of aromatic nitrogens is 3. The van der Waals surface area contributed by atoms with Gasteiger partial charge in [0.25, 0.3) is 0 Å². The van der Waals surface area contributed by atoms with Gasteiger partial charge >= 0.3 is 0 Å². The molecule has 0 aliphatic rings. The fourth-order valence-corrected chi connectivity index (χ4v) is 4.27. The number of hydrogen-bond donors (Lipinski definition) is 2. The number of ketones is 1. The number of Topliss-reactive ketones (excluding diaryl/α,β-unsaturated/α-hetero) is 1. The summed E-state index contributed by atoms with van der Waals surface area (Å²) in [6, 6.07) is 12.5. The molecule has 0 aliphatic carbocycles. The zero-order valence-electron chi connectivity index (χ0n) is 13.5. The van der Waals surface area contributed by atoms with Crippen LogP contribution in [0.1, 0.15) is 10.6 Å². The lowest BCUT2D eigenvalue weighted by molar-refractivity contribution is -0.117. The monoisotopic (exact) mass is 382 g/mol. The van der Waals surface area contributed by atoms with E-state index < -0.39 is 0 Å². The number of fused-ring (bicyclic) bond motifs is 1. The molecule has 3 N–H and O–H groups in total. The number of carbonyl (C=O) groups excluding carboxylic acids is 1. The van der Waals surface area contributed by atoms with Crippen LogP contribution < -0.4 is 5.73 Å². The van der Waals surface area contributed by atoms with E-state index in [-0.39, 0.29) is 18.0 Å². The highest BCUT2D eigenvalue weighted by molar-refractivity contribution is 7.22. The minimum Gasteiger partial charge on any atom is -0.508 e. The zero-order valence-corrected chi connectivity index (χ0v) is 15.2. The van der Waals surface area contributed by atoms with Crippen molar-refractivity contribution in [2.75, 3.05) is 5.73 Å². The predicted molar refractivity (Wildman–Crippen MR) is 103 cm³/mol. The Morgan fingerprint density at radius 2 is 1.85 bits per heavy atom. The molecular formula is C18H14N4O2S2. The Hall–Kier alpha value is -2.84. The maximum absolute atomic E-state index is 12.4. The number of nitrogens with zero attached hydrogens (tertiary/aromatic N) is 3.